The lowest BCUT2D eigenvalue weighted by Gasteiger charge is -2.03. The first kappa shape index (κ1) is 8.69. The maximum atomic E-state index is 13.0. The Bertz CT molecular complexity index is 391. The average molecular weight is 244 g/mol. The van der Waals surface area contributed by atoms with Gasteiger partial charge >= 0.3 is 0 Å². The van der Waals surface area contributed by atoms with Gasteiger partial charge in [-0.2, -0.15) is 0 Å². The molecule has 4 heteroatoms. The minimum Gasteiger partial charge on any atom is -0.345 e. The summed E-state index contributed by atoms with van der Waals surface area (Å²) in [4.78, 5) is 11.2. The minimum absolute atomic E-state index is 0.0283. The Morgan fingerprint density at radius 3 is 2.92 bits per heavy atom. The standard InChI is InChI=1S/C9H7BrFNO/c1-4-5-2-7(10)8(11)3-6(5)9(13)12-4/h2-4H,1H3,(H,12,13). The Morgan fingerprint density at radius 1 is 1.54 bits per heavy atom. The predicted molar refractivity (Wildman–Crippen MR) is 50.0 cm³/mol. The predicted octanol–water partition coefficient (Wildman–Crippen LogP) is 2.39. The van der Waals surface area contributed by atoms with E-state index in [2.05, 4.69) is 21.2 Å². The molecule has 2 nitrogen and oxygen atoms in total. The summed E-state index contributed by atoms with van der Waals surface area (Å²) >= 11 is 3.08. The first-order chi connectivity index (χ1) is 6.09. The second kappa shape index (κ2) is 2.80. The zero-order chi connectivity index (χ0) is 9.59. The van der Waals surface area contributed by atoms with Gasteiger partial charge in [-0.3, -0.25) is 4.79 Å². The molecular weight excluding hydrogens is 237 g/mol. The number of hydrogen-bond acceptors (Lipinski definition) is 1. The molecule has 1 aliphatic rings. The number of benzene rings is 1. The minimum atomic E-state index is -0.400. The molecule has 1 aromatic rings. The maximum absolute atomic E-state index is 13.0. The van der Waals surface area contributed by atoms with Crippen LogP contribution in [0.4, 0.5) is 4.39 Å². The van der Waals surface area contributed by atoms with E-state index in [4.69, 9.17) is 0 Å². The van der Waals surface area contributed by atoms with Crippen LogP contribution in [-0.4, -0.2) is 5.91 Å². The van der Waals surface area contributed by atoms with E-state index in [0.717, 1.165) is 5.56 Å². The van der Waals surface area contributed by atoms with Gasteiger partial charge in [-0.1, -0.05) is 0 Å². The van der Waals surface area contributed by atoms with Crippen molar-refractivity contribution in [1.29, 1.82) is 0 Å². The highest BCUT2D eigenvalue weighted by Crippen LogP contribution is 2.29. The third-order valence-electron chi connectivity index (χ3n) is 2.15. The molecular formula is C9H7BrFNO. The summed E-state index contributed by atoms with van der Waals surface area (Å²) in [5.74, 6) is -0.600. The van der Waals surface area contributed by atoms with Crippen LogP contribution >= 0.6 is 15.9 Å². The van der Waals surface area contributed by atoms with E-state index in [-0.39, 0.29) is 11.9 Å². The molecule has 1 aromatic carbocycles. The number of hydrogen-bond donors (Lipinski definition) is 1. The molecule has 0 saturated heterocycles. The van der Waals surface area contributed by atoms with Crippen LogP contribution in [0, 0.1) is 5.82 Å². The Hall–Kier alpha value is -0.900. The molecule has 0 spiro atoms. The van der Waals surface area contributed by atoms with Gasteiger partial charge in [0.25, 0.3) is 5.91 Å². The van der Waals surface area contributed by atoms with Gasteiger partial charge in [-0.25, -0.2) is 4.39 Å². The van der Waals surface area contributed by atoms with Crippen molar-refractivity contribution in [2.24, 2.45) is 0 Å². The highest BCUT2D eigenvalue weighted by atomic mass is 79.9. The number of carbonyl (C=O) groups excluding carboxylic acids is 1. The summed E-state index contributed by atoms with van der Waals surface area (Å²) in [6, 6.07) is 2.88. The van der Waals surface area contributed by atoms with Crippen molar-refractivity contribution >= 4 is 21.8 Å². The highest BCUT2D eigenvalue weighted by Gasteiger charge is 2.26. The number of halogens is 2. The number of fused-ring (bicyclic) bond motifs is 1. The number of nitrogens with one attached hydrogen (secondary N) is 1. The monoisotopic (exact) mass is 243 g/mol. The van der Waals surface area contributed by atoms with E-state index in [1.165, 1.54) is 6.07 Å². The van der Waals surface area contributed by atoms with Gasteiger partial charge in [0.15, 0.2) is 0 Å². The fourth-order valence-corrected chi connectivity index (χ4v) is 1.83. The molecule has 0 radical (unpaired) electrons. The molecule has 2 rings (SSSR count). The van der Waals surface area contributed by atoms with Crippen LogP contribution in [0.5, 0.6) is 0 Å². The fourth-order valence-electron chi connectivity index (χ4n) is 1.47. The summed E-state index contributed by atoms with van der Waals surface area (Å²) in [5.41, 5.74) is 1.28. The molecule has 1 unspecified atom stereocenters. The van der Waals surface area contributed by atoms with Crippen molar-refractivity contribution in [2.45, 2.75) is 13.0 Å². The third kappa shape index (κ3) is 1.25. The molecule has 13 heavy (non-hydrogen) atoms. The van der Waals surface area contributed by atoms with E-state index in [0.29, 0.717) is 10.0 Å². The van der Waals surface area contributed by atoms with Crippen molar-refractivity contribution in [3.8, 4) is 0 Å². The molecule has 0 fully saturated rings. The molecule has 1 N–H and O–H groups in total. The Labute approximate surface area is 83.3 Å². The Kier molecular flexibility index (Phi) is 1.87. The van der Waals surface area contributed by atoms with Crippen LogP contribution in [0.3, 0.4) is 0 Å². The molecule has 0 aromatic heterocycles. The molecule has 1 atom stereocenters. The van der Waals surface area contributed by atoms with E-state index >= 15 is 0 Å². The lowest BCUT2D eigenvalue weighted by molar-refractivity contribution is 0.0958. The molecule has 1 heterocycles. The van der Waals surface area contributed by atoms with Crippen molar-refractivity contribution < 1.29 is 9.18 Å². The highest BCUT2D eigenvalue weighted by molar-refractivity contribution is 9.10. The van der Waals surface area contributed by atoms with Crippen LogP contribution in [-0.2, 0) is 0 Å². The molecule has 0 bridgehead atoms. The second-order valence-electron chi connectivity index (χ2n) is 3.05. The Balaban J connectivity index is 2.65. The molecule has 0 saturated carbocycles. The molecule has 1 aliphatic heterocycles. The third-order valence-corrected chi connectivity index (χ3v) is 2.76. The van der Waals surface area contributed by atoms with Crippen molar-refractivity contribution in [1.82, 2.24) is 5.32 Å². The van der Waals surface area contributed by atoms with Gasteiger partial charge in [0, 0.05) is 5.56 Å². The van der Waals surface area contributed by atoms with Gasteiger partial charge in [-0.05, 0) is 40.5 Å². The number of amides is 1. The van der Waals surface area contributed by atoms with Crippen LogP contribution in [0.15, 0.2) is 16.6 Å². The van der Waals surface area contributed by atoms with Crippen LogP contribution in [0.25, 0.3) is 0 Å². The van der Waals surface area contributed by atoms with Crippen molar-refractivity contribution in [3.05, 3.63) is 33.5 Å². The summed E-state index contributed by atoms with van der Waals surface area (Å²) in [5, 5.41) is 2.71. The van der Waals surface area contributed by atoms with Gasteiger partial charge in [0.2, 0.25) is 0 Å². The van der Waals surface area contributed by atoms with Gasteiger partial charge in [-0.15, -0.1) is 0 Å². The topological polar surface area (TPSA) is 29.1 Å². The molecule has 1 amide bonds. The lowest BCUT2D eigenvalue weighted by Crippen LogP contribution is -2.16. The van der Waals surface area contributed by atoms with E-state index in [1.807, 2.05) is 6.92 Å². The van der Waals surface area contributed by atoms with Gasteiger partial charge < -0.3 is 5.32 Å². The van der Waals surface area contributed by atoms with Crippen molar-refractivity contribution in [3.63, 3.8) is 0 Å². The van der Waals surface area contributed by atoms with Crippen LogP contribution in [0.2, 0.25) is 0 Å². The van der Waals surface area contributed by atoms with E-state index in [9.17, 15) is 9.18 Å². The van der Waals surface area contributed by atoms with Gasteiger partial charge in [0.05, 0.1) is 10.5 Å². The number of carbonyl (C=O) groups is 1. The SMILES string of the molecule is CC1NC(=O)c2cc(F)c(Br)cc21. The lowest BCUT2D eigenvalue weighted by atomic mass is 10.1. The zero-order valence-corrected chi connectivity index (χ0v) is 8.48. The molecule has 68 valence electrons. The average Bonchev–Trinajstić information content (AvgIpc) is 2.31. The van der Waals surface area contributed by atoms with Crippen molar-refractivity contribution in [2.75, 3.05) is 0 Å². The van der Waals surface area contributed by atoms with Crippen LogP contribution in [0.1, 0.15) is 28.9 Å². The first-order valence-electron chi connectivity index (χ1n) is 3.89. The molecule has 0 aliphatic carbocycles. The van der Waals surface area contributed by atoms with E-state index < -0.39 is 5.82 Å². The maximum Gasteiger partial charge on any atom is 0.252 e. The second-order valence-corrected chi connectivity index (χ2v) is 3.90. The summed E-state index contributed by atoms with van der Waals surface area (Å²) in [6.07, 6.45) is 0. The fraction of sp³-hybridized carbons (Fsp3) is 0.222. The summed E-state index contributed by atoms with van der Waals surface area (Å²) in [7, 11) is 0. The summed E-state index contributed by atoms with van der Waals surface area (Å²) < 4.78 is 13.4. The quantitative estimate of drug-likeness (QED) is 0.745. The number of rotatable bonds is 0. The van der Waals surface area contributed by atoms with Crippen LogP contribution < -0.4 is 5.32 Å². The largest absolute Gasteiger partial charge is 0.345 e. The summed E-state index contributed by atoms with van der Waals surface area (Å²) in [6.45, 7) is 1.87. The van der Waals surface area contributed by atoms with E-state index in [1.54, 1.807) is 6.07 Å². The zero-order valence-electron chi connectivity index (χ0n) is 6.90. The van der Waals surface area contributed by atoms with Gasteiger partial charge in [0.1, 0.15) is 5.82 Å². The smallest absolute Gasteiger partial charge is 0.252 e. The Morgan fingerprint density at radius 2 is 2.23 bits per heavy atom. The first-order valence-corrected chi connectivity index (χ1v) is 4.68. The normalized spacial score (nSPS) is 19.9.